The van der Waals surface area contributed by atoms with Crippen molar-refractivity contribution in [3.63, 3.8) is 0 Å². The molecule has 0 atom stereocenters. The molecule has 5 nitrogen and oxygen atoms in total. The number of benzene rings is 1. The molecule has 0 aliphatic carbocycles. The highest BCUT2D eigenvalue weighted by molar-refractivity contribution is 5.95. The molecule has 0 fully saturated rings. The van der Waals surface area contributed by atoms with Gasteiger partial charge in [-0.05, 0) is 24.6 Å². The number of amides is 2. The summed E-state index contributed by atoms with van der Waals surface area (Å²) in [6.45, 7) is 1.70. The van der Waals surface area contributed by atoms with Crippen LogP contribution in [0.25, 0.3) is 0 Å². The van der Waals surface area contributed by atoms with Gasteiger partial charge < -0.3 is 16.0 Å². The lowest BCUT2D eigenvalue weighted by Gasteiger charge is -2.11. The molecule has 19 heavy (non-hydrogen) atoms. The van der Waals surface area contributed by atoms with E-state index in [1.807, 2.05) is 0 Å². The van der Waals surface area contributed by atoms with Crippen molar-refractivity contribution in [2.24, 2.45) is 0 Å². The Balaban J connectivity index is 2.67. The molecule has 0 radical (unpaired) electrons. The van der Waals surface area contributed by atoms with E-state index < -0.39 is 11.7 Å². The Hall–Kier alpha value is -2.11. The van der Waals surface area contributed by atoms with Crippen LogP contribution in [-0.4, -0.2) is 37.4 Å². The predicted octanol–water partition coefficient (Wildman–Crippen LogP) is 0.924. The minimum absolute atomic E-state index is 0.102. The number of nitrogens with one attached hydrogen (secondary N) is 1. The number of aryl methyl sites for hydroxylation is 1. The van der Waals surface area contributed by atoms with E-state index in [1.165, 1.54) is 24.0 Å². The minimum atomic E-state index is -0.592. The average molecular weight is 267 g/mol. The van der Waals surface area contributed by atoms with Crippen LogP contribution in [-0.2, 0) is 4.79 Å². The van der Waals surface area contributed by atoms with Gasteiger partial charge in [-0.3, -0.25) is 9.59 Å². The second-order valence-electron chi connectivity index (χ2n) is 4.49. The largest absolute Gasteiger partial charge is 0.399 e. The third-order valence-electron chi connectivity index (χ3n) is 2.64. The van der Waals surface area contributed by atoms with Crippen molar-refractivity contribution < 1.29 is 14.0 Å². The van der Waals surface area contributed by atoms with E-state index in [9.17, 15) is 14.0 Å². The summed E-state index contributed by atoms with van der Waals surface area (Å²) in [6.07, 6.45) is 0.168. The standard InChI is InChI=1S/C13H18FN3O2/c1-8-6-9(15)7-10(12(8)14)13(19)16-5-4-11(18)17(2)3/h6-7H,4-5,15H2,1-3H3,(H,16,19). The maximum Gasteiger partial charge on any atom is 0.254 e. The van der Waals surface area contributed by atoms with Crippen LogP contribution in [0.2, 0.25) is 0 Å². The number of hydrogen-bond acceptors (Lipinski definition) is 3. The molecule has 104 valence electrons. The molecular formula is C13H18FN3O2. The van der Waals surface area contributed by atoms with Gasteiger partial charge in [-0.25, -0.2) is 4.39 Å². The summed E-state index contributed by atoms with van der Waals surface area (Å²) < 4.78 is 13.8. The number of nitrogen functional groups attached to an aromatic ring is 1. The lowest BCUT2D eigenvalue weighted by molar-refractivity contribution is -0.128. The van der Waals surface area contributed by atoms with Crippen LogP contribution < -0.4 is 11.1 Å². The fraction of sp³-hybridized carbons (Fsp3) is 0.385. The predicted molar refractivity (Wildman–Crippen MR) is 71.2 cm³/mol. The average Bonchev–Trinajstić information content (AvgIpc) is 2.33. The van der Waals surface area contributed by atoms with Crippen molar-refractivity contribution in [1.82, 2.24) is 10.2 Å². The summed E-state index contributed by atoms with van der Waals surface area (Å²) in [7, 11) is 3.26. The maximum atomic E-state index is 13.8. The van der Waals surface area contributed by atoms with Crippen LogP contribution in [0.1, 0.15) is 22.3 Å². The summed E-state index contributed by atoms with van der Waals surface area (Å²) in [6, 6.07) is 2.74. The molecule has 1 rings (SSSR count). The van der Waals surface area contributed by atoms with E-state index in [-0.39, 0.29) is 24.4 Å². The van der Waals surface area contributed by atoms with Gasteiger partial charge in [-0.2, -0.15) is 0 Å². The number of halogens is 1. The zero-order chi connectivity index (χ0) is 14.6. The molecule has 0 saturated heterocycles. The summed E-state index contributed by atoms with van der Waals surface area (Å²) in [5.74, 6) is -1.27. The van der Waals surface area contributed by atoms with Gasteiger partial charge in [0, 0.05) is 32.7 Å². The van der Waals surface area contributed by atoms with Gasteiger partial charge in [0.1, 0.15) is 5.82 Å². The number of carbonyl (C=O) groups excluding carboxylic acids is 2. The summed E-state index contributed by atoms with van der Waals surface area (Å²) in [5.41, 5.74) is 6.11. The zero-order valence-electron chi connectivity index (χ0n) is 11.3. The van der Waals surface area contributed by atoms with Crippen LogP contribution in [0.4, 0.5) is 10.1 Å². The van der Waals surface area contributed by atoms with Gasteiger partial charge in [-0.1, -0.05) is 0 Å². The molecule has 1 aromatic carbocycles. The number of hydrogen-bond donors (Lipinski definition) is 2. The minimum Gasteiger partial charge on any atom is -0.399 e. The van der Waals surface area contributed by atoms with Crippen molar-refractivity contribution in [3.05, 3.63) is 29.1 Å². The molecule has 3 N–H and O–H groups in total. The van der Waals surface area contributed by atoms with E-state index in [1.54, 1.807) is 14.1 Å². The zero-order valence-corrected chi connectivity index (χ0v) is 11.3. The van der Waals surface area contributed by atoms with Crippen LogP contribution in [0, 0.1) is 12.7 Å². The Morgan fingerprint density at radius 1 is 1.37 bits per heavy atom. The molecule has 0 saturated carbocycles. The van der Waals surface area contributed by atoms with Gasteiger partial charge in [-0.15, -0.1) is 0 Å². The van der Waals surface area contributed by atoms with E-state index in [4.69, 9.17) is 5.73 Å². The van der Waals surface area contributed by atoms with Gasteiger partial charge >= 0.3 is 0 Å². The normalized spacial score (nSPS) is 10.1. The molecule has 0 aliphatic rings. The Kier molecular flexibility index (Phi) is 4.86. The molecule has 0 spiro atoms. The first-order valence-corrected chi connectivity index (χ1v) is 5.87. The topological polar surface area (TPSA) is 75.4 Å². The van der Waals surface area contributed by atoms with Gasteiger partial charge in [0.25, 0.3) is 5.91 Å². The van der Waals surface area contributed by atoms with Crippen molar-refractivity contribution in [2.75, 3.05) is 26.4 Å². The lowest BCUT2D eigenvalue weighted by Crippen LogP contribution is -2.30. The fourth-order valence-electron chi connectivity index (χ4n) is 1.56. The number of nitrogens with zero attached hydrogens (tertiary/aromatic N) is 1. The molecular weight excluding hydrogens is 249 g/mol. The number of nitrogens with two attached hydrogens (primary N) is 1. The second-order valence-corrected chi connectivity index (χ2v) is 4.49. The number of anilines is 1. The highest BCUT2D eigenvalue weighted by Crippen LogP contribution is 2.16. The molecule has 0 aromatic heterocycles. The lowest BCUT2D eigenvalue weighted by atomic mass is 10.1. The van der Waals surface area contributed by atoms with Crippen molar-refractivity contribution in [1.29, 1.82) is 0 Å². The highest BCUT2D eigenvalue weighted by Gasteiger charge is 2.14. The van der Waals surface area contributed by atoms with E-state index in [0.29, 0.717) is 11.3 Å². The third-order valence-corrected chi connectivity index (χ3v) is 2.64. The first-order chi connectivity index (χ1) is 8.82. The van der Waals surface area contributed by atoms with Crippen LogP contribution in [0.15, 0.2) is 12.1 Å². The van der Waals surface area contributed by atoms with Gasteiger partial charge in [0.05, 0.1) is 5.56 Å². The highest BCUT2D eigenvalue weighted by atomic mass is 19.1. The quantitative estimate of drug-likeness (QED) is 0.797. The molecule has 2 amide bonds. The first kappa shape index (κ1) is 14.9. The second kappa shape index (κ2) is 6.17. The first-order valence-electron chi connectivity index (χ1n) is 5.87. The Bertz CT molecular complexity index is 501. The van der Waals surface area contributed by atoms with Gasteiger partial charge in [0.2, 0.25) is 5.91 Å². The Morgan fingerprint density at radius 2 is 2.00 bits per heavy atom. The van der Waals surface area contributed by atoms with Crippen molar-refractivity contribution in [2.45, 2.75) is 13.3 Å². The Labute approximate surface area is 111 Å². The third kappa shape index (κ3) is 3.94. The van der Waals surface area contributed by atoms with E-state index >= 15 is 0 Å². The van der Waals surface area contributed by atoms with Crippen LogP contribution in [0.5, 0.6) is 0 Å². The SMILES string of the molecule is Cc1cc(N)cc(C(=O)NCCC(=O)N(C)C)c1F. The van der Waals surface area contributed by atoms with Gasteiger partial charge in [0.15, 0.2) is 0 Å². The monoisotopic (exact) mass is 267 g/mol. The van der Waals surface area contributed by atoms with E-state index in [2.05, 4.69) is 5.32 Å². The molecule has 6 heteroatoms. The maximum absolute atomic E-state index is 13.8. The van der Waals surface area contributed by atoms with Crippen molar-refractivity contribution in [3.8, 4) is 0 Å². The van der Waals surface area contributed by atoms with Crippen molar-refractivity contribution >= 4 is 17.5 Å². The summed E-state index contributed by atoms with van der Waals surface area (Å²) in [5, 5.41) is 2.50. The number of rotatable bonds is 4. The fourth-order valence-corrected chi connectivity index (χ4v) is 1.56. The van der Waals surface area contributed by atoms with E-state index in [0.717, 1.165) is 0 Å². The Morgan fingerprint density at radius 3 is 2.58 bits per heavy atom. The van der Waals surface area contributed by atoms with Crippen LogP contribution in [0.3, 0.4) is 0 Å². The molecule has 0 aliphatic heterocycles. The summed E-state index contributed by atoms with van der Waals surface area (Å²) >= 11 is 0. The van der Waals surface area contributed by atoms with Crippen LogP contribution >= 0.6 is 0 Å². The molecule has 0 unspecified atom stereocenters. The number of carbonyl (C=O) groups is 2. The smallest absolute Gasteiger partial charge is 0.254 e. The summed E-state index contributed by atoms with van der Waals surface area (Å²) in [4.78, 5) is 24.5. The molecule has 1 aromatic rings. The molecule has 0 heterocycles. The molecule has 0 bridgehead atoms.